The molecule has 2 atom stereocenters. The molecule has 1 aromatic rings. The molecule has 0 amide bonds. The lowest BCUT2D eigenvalue weighted by Gasteiger charge is -2.37. The standard InChI is InChI=1S/C15H21Cl2NO/c1-3-19-10-12-9-18(2)7-6-13(12)11-4-5-14(16)15(17)8-11/h4-5,8,12-13H,3,6-7,9-10H2,1-2H3/t12-,13-/m0/s1. The molecule has 4 heteroatoms. The van der Waals surface area contributed by atoms with E-state index in [1.54, 1.807) is 0 Å². The molecule has 1 aliphatic rings. The Kier molecular flexibility index (Phi) is 5.52. The Morgan fingerprint density at radius 1 is 1.32 bits per heavy atom. The quantitative estimate of drug-likeness (QED) is 0.831. The summed E-state index contributed by atoms with van der Waals surface area (Å²) < 4.78 is 5.64. The molecule has 2 rings (SSSR count). The first kappa shape index (κ1) is 15.1. The summed E-state index contributed by atoms with van der Waals surface area (Å²) in [5.41, 5.74) is 1.28. The van der Waals surface area contributed by atoms with Gasteiger partial charge in [-0.2, -0.15) is 0 Å². The van der Waals surface area contributed by atoms with Gasteiger partial charge in [-0.25, -0.2) is 0 Å². The van der Waals surface area contributed by atoms with Gasteiger partial charge in [0.05, 0.1) is 16.7 Å². The molecule has 0 aliphatic carbocycles. The van der Waals surface area contributed by atoms with Gasteiger partial charge >= 0.3 is 0 Å². The Morgan fingerprint density at radius 2 is 2.11 bits per heavy atom. The van der Waals surface area contributed by atoms with Gasteiger partial charge < -0.3 is 9.64 Å². The van der Waals surface area contributed by atoms with E-state index in [1.165, 1.54) is 5.56 Å². The fourth-order valence-electron chi connectivity index (χ4n) is 2.83. The van der Waals surface area contributed by atoms with Gasteiger partial charge in [0.2, 0.25) is 0 Å². The predicted molar refractivity (Wildman–Crippen MR) is 81.3 cm³/mol. The monoisotopic (exact) mass is 301 g/mol. The topological polar surface area (TPSA) is 12.5 Å². The normalized spacial score (nSPS) is 24.6. The fourth-order valence-corrected chi connectivity index (χ4v) is 3.14. The molecule has 1 fully saturated rings. The minimum Gasteiger partial charge on any atom is -0.381 e. The van der Waals surface area contributed by atoms with Crippen molar-refractivity contribution in [1.82, 2.24) is 4.90 Å². The molecule has 1 aliphatic heterocycles. The van der Waals surface area contributed by atoms with Crippen LogP contribution in [0.25, 0.3) is 0 Å². The zero-order valence-electron chi connectivity index (χ0n) is 11.5. The molecule has 0 unspecified atom stereocenters. The van der Waals surface area contributed by atoms with Crippen LogP contribution in [0.15, 0.2) is 18.2 Å². The summed E-state index contributed by atoms with van der Waals surface area (Å²) in [5, 5.41) is 1.27. The fraction of sp³-hybridized carbons (Fsp3) is 0.600. The lowest BCUT2D eigenvalue weighted by molar-refractivity contribution is 0.0628. The third-order valence-electron chi connectivity index (χ3n) is 3.84. The summed E-state index contributed by atoms with van der Waals surface area (Å²) in [4.78, 5) is 2.37. The van der Waals surface area contributed by atoms with Crippen molar-refractivity contribution in [2.75, 3.05) is 33.4 Å². The largest absolute Gasteiger partial charge is 0.381 e. The summed E-state index contributed by atoms with van der Waals surface area (Å²) in [6.07, 6.45) is 1.15. The summed E-state index contributed by atoms with van der Waals surface area (Å²) >= 11 is 12.1. The zero-order chi connectivity index (χ0) is 13.8. The Labute approximate surface area is 125 Å². The highest BCUT2D eigenvalue weighted by atomic mass is 35.5. The van der Waals surface area contributed by atoms with E-state index in [4.69, 9.17) is 27.9 Å². The molecule has 1 aromatic carbocycles. The van der Waals surface area contributed by atoms with Crippen LogP contribution in [-0.2, 0) is 4.74 Å². The highest BCUT2D eigenvalue weighted by molar-refractivity contribution is 6.42. The van der Waals surface area contributed by atoms with Crippen LogP contribution < -0.4 is 0 Å². The van der Waals surface area contributed by atoms with Crippen molar-refractivity contribution < 1.29 is 4.74 Å². The lowest BCUT2D eigenvalue weighted by atomic mass is 9.81. The molecule has 0 spiro atoms. The summed E-state index contributed by atoms with van der Waals surface area (Å²) in [6.45, 7) is 5.82. The number of ether oxygens (including phenoxy) is 1. The van der Waals surface area contributed by atoms with Crippen LogP contribution in [0.4, 0.5) is 0 Å². The highest BCUT2D eigenvalue weighted by Gasteiger charge is 2.29. The highest BCUT2D eigenvalue weighted by Crippen LogP contribution is 2.35. The van der Waals surface area contributed by atoms with Gasteiger partial charge in [0.1, 0.15) is 0 Å². The van der Waals surface area contributed by atoms with E-state index in [0.717, 1.165) is 32.7 Å². The van der Waals surface area contributed by atoms with Crippen LogP contribution in [0.2, 0.25) is 10.0 Å². The van der Waals surface area contributed by atoms with E-state index in [9.17, 15) is 0 Å². The maximum absolute atomic E-state index is 6.14. The Hall–Kier alpha value is -0.280. The maximum Gasteiger partial charge on any atom is 0.0595 e. The van der Waals surface area contributed by atoms with Crippen LogP contribution in [0.1, 0.15) is 24.8 Å². The van der Waals surface area contributed by atoms with E-state index in [-0.39, 0.29) is 0 Å². The van der Waals surface area contributed by atoms with Crippen molar-refractivity contribution in [3.05, 3.63) is 33.8 Å². The van der Waals surface area contributed by atoms with E-state index in [0.29, 0.717) is 21.9 Å². The van der Waals surface area contributed by atoms with Crippen LogP contribution in [0.3, 0.4) is 0 Å². The Morgan fingerprint density at radius 3 is 2.79 bits per heavy atom. The van der Waals surface area contributed by atoms with Gasteiger partial charge in [0, 0.05) is 19.1 Å². The summed E-state index contributed by atoms with van der Waals surface area (Å²) in [5.74, 6) is 1.04. The number of rotatable bonds is 4. The third-order valence-corrected chi connectivity index (χ3v) is 4.58. The number of benzene rings is 1. The van der Waals surface area contributed by atoms with E-state index < -0.39 is 0 Å². The molecule has 0 N–H and O–H groups in total. The minimum absolute atomic E-state index is 0.512. The predicted octanol–water partition coefficient (Wildman–Crippen LogP) is 4.07. The number of piperidine rings is 1. The first-order valence-electron chi connectivity index (χ1n) is 6.83. The van der Waals surface area contributed by atoms with E-state index >= 15 is 0 Å². The van der Waals surface area contributed by atoms with Crippen molar-refractivity contribution in [1.29, 1.82) is 0 Å². The minimum atomic E-state index is 0.512. The molecule has 19 heavy (non-hydrogen) atoms. The first-order valence-corrected chi connectivity index (χ1v) is 7.58. The first-order chi connectivity index (χ1) is 9.11. The zero-order valence-corrected chi connectivity index (χ0v) is 13.0. The smallest absolute Gasteiger partial charge is 0.0595 e. The van der Waals surface area contributed by atoms with Gasteiger partial charge in [-0.15, -0.1) is 0 Å². The van der Waals surface area contributed by atoms with Crippen molar-refractivity contribution in [2.45, 2.75) is 19.3 Å². The molecule has 0 aromatic heterocycles. The van der Waals surface area contributed by atoms with Crippen LogP contribution >= 0.6 is 23.2 Å². The maximum atomic E-state index is 6.14. The lowest BCUT2D eigenvalue weighted by Crippen LogP contribution is -2.39. The SMILES string of the molecule is CCOC[C@@H]1CN(C)CC[C@H]1c1ccc(Cl)c(Cl)c1. The molecule has 0 radical (unpaired) electrons. The molecule has 0 saturated carbocycles. The van der Waals surface area contributed by atoms with Crippen LogP contribution in [0, 0.1) is 5.92 Å². The number of hydrogen-bond acceptors (Lipinski definition) is 2. The average Bonchev–Trinajstić information content (AvgIpc) is 2.40. The third kappa shape index (κ3) is 3.85. The Balaban J connectivity index is 2.16. The summed E-state index contributed by atoms with van der Waals surface area (Å²) in [6, 6.07) is 6.01. The number of nitrogens with zero attached hydrogens (tertiary/aromatic N) is 1. The van der Waals surface area contributed by atoms with Crippen molar-refractivity contribution in [3.8, 4) is 0 Å². The van der Waals surface area contributed by atoms with Crippen molar-refractivity contribution in [2.24, 2.45) is 5.92 Å². The van der Waals surface area contributed by atoms with Crippen molar-refractivity contribution in [3.63, 3.8) is 0 Å². The van der Waals surface area contributed by atoms with Gasteiger partial charge in [-0.1, -0.05) is 29.3 Å². The second kappa shape index (κ2) is 6.94. The van der Waals surface area contributed by atoms with Crippen LogP contribution in [0.5, 0.6) is 0 Å². The van der Waals surface area contributed by atoms with Crippen LogP contribution in [-0.4, -0.2) is 38.3 Å². The van der Waals surface area contributed by atoms with Gasteiger partial charge in [-0.3, -0.25) is 0 Å². The Bertz CT molecular complexity index is 425. The molecule has 106 valence electrons. The average molecular weight is 302 g/mol. The van der Waals surface area contributed by atoms with E-state index in [1.807, 2.05) is 19.1 Å². The number of halogens is 2. The van der Waals surface area contributed by atoms with Crippen molar-refractivity contribution >= 4 is 23.2 Å². The number of likely N-dealkylation sites (tertiary alicyclic amines) is 1. The molecular weight excluding hydrogens is 281 g/mol. The van der Waals surface area contributed by atoms with E-state index in [2.05, 4.69) is 18.0 Å². The molecular formula is C15H21Cl2NO. The van der Waals surface area contributed by atoms with Gasteiger partial charge in [-0.05, 0) is 50.6 Å². The molecule has 1 saturated heterocycles. The number of hydrogen-bond donors (Lipinski definition) is 0. The van der Waals surface area contributed by atoms with Gasteiger partial charge in [0.25, 0.3) is 0 Å². The summed E-state index contributed by atoms with van der Waals surface area (Å²) in [7, 11) is 2.17. The molecule has 0 bridgehead atoms. The molecule has 1 heterocycles. The molecule has 2 nitrogen and oxygen atoms in total. The second-order valence-electron chi connectivity index (χ2n) is 5.25. The van der Waals surface area contributed by atoms with Gasteiger partial charge in [0.15, 0.2) is 0 Å². The second-order valence-corrected chi connectivity index (χ2v) is 6.06.